The molecule has 1 saturated heterocycles. The molecule has 1 amide bonds. The van der Waals surface area contributed by atoms with Crippen LogP contribution in [0.25, 0.3) is 0 Å². The Kier molecular flexibility index (Phi) is 4.52. The number of carbonyl (C=O) groups excluding carboxylic acids is 1. The number of hydrogen-bond acceptors (Lipinski definition) is 3. The van der Waals surface area contributed by atoms with Crippen molar-refractivity contribution in [3.63, 3.8) is 0 Å². The first-order valence-corrected chi connectivity index (χ1v) is 6.50. The van der Waals surface area contributed by atoms with Crippen LogP contribution in [0.1, 0.15) is 30.9 Å². The van der Waals surface area contributed by atoms with E-state index in [-0.39, 0.29) is 11.9 Å². The van der Waals surface area contributed by atoms with Crippen LogP contribution in [-0.4, -0.2) is 29.6 Å². The molecule has 2 rings (SSSR count). The fourth-order valence-corrected chi connectivity index (χ4v) is 2.25. The fourth-order valence-electron chi connectivity index (χ4n) is 2.25. The van der Waals surface area contributed by atoms with Crippen LogP contribution in [0.5, 0.6) is 0 Å². The largest absolute Gasteiger partial charge is 0.479 e. The highest BCUT2D eigenvalue weighted by atomic mass is 16.4. The first-order valence-electron chi connectivity index (χ1n) is 6.50. The van der Waals surface area contributed by atoms with Crippen LogP contribution in [-0.2, 0) is 9.59 Å². The monoisotopic (exact) mass is 262 g/mol. The van der Waals surface area contributed by atoms with Crippen molar-refractivity contribution in [1.29, 1.82) is 0 Å². The van der Waals surface area contributed by atoms with Crippen molar-refractivity contribution in [2.24, 2.45) is 0 Å². The maximum Gasteiger partial charge on any atom is 0.330 e. The first kappa shape index (κ1) is 13.5. The lowest BCUT2D eigenvalue weighted by Gasteiger charge is -2.24. The van der Waals surface area contributed by atoms with Gasteiger partial charge in [-0.25, -0.2) is 4.79 Å². The van der Waals surface area contributed by atoms with Crippen molar-refractivity contribution in [2.45, 2.75) is 31.3 Å². The number of rotatable bonds is 4. The summed E-state index contributed by atoms with van der Waals surface area (Å²) in [5.41, 5.74) is 0.583. The molecule has 0 bridgehead atoms. The third kappa shape index (κ3) is 3.54. The van der Waals surface area contributed by atoms with Gasteiger partial charge in [-0.15, -0.1) is 0 Å². The maximum atomic E-state index is 12.0. The highest BCUT2D eigenvalue weighted by Crippen LogP contribution is 2.14. The predicted molar refractivity (Wildman–Crippen MR) is 70.6 cm³/mol. The van der Waals surface area contributed by atoms with Gasteiger partial charge < -0.3 is 15.7 Å². The quantitative estimate of drug-likeness (QED) is 0.758. The van der Waals surface area contributed by atoms with Gasteiger partial charge in [-0.2, -0.15) is 0 Å². The molecule has 1 unspecified atom stereocenters. The number of carboxylic acid groups (broad SMARTS) is 1. The predicted octanol–water partition coefficient (Wildman–Crippen LogP) is 1.07. The Labute approximate surface area is 112 Å². The summed E-state index contributed by atoms with van der Waals surface area (Å²) in [4.78, 5) is 23.3. The number of aliphatic carboxylic acids is 1. The van der Waals surface area contributed by atoms with E-state index in [1.54, 1.807) is 24.3 Å². The van der Waals surface area contributed by atoms with Gasteiger partial charge in [0.05, 0.1) is 6.04 Å². The second-order valence-corrected chi connectivity index (χ2v) is 4.69. The van der Waals surface area contributed by atoms with Crippen molar-refractivity contribution < 1.29 is 14.7 Å². The number of benzene rings is 1. The minimum absolute atomic E-state index is 0.240. The molecule has 0 aliphatic carbocycles. The molecule has 1 fully saturated rings. The first-order chi connectivity index (χ1) is 9.18. The van der Waals surface area contributed by atoms with E-state index in [0.717, 1.165) is 25.8 Å². The Balaban J connectivity index is 2.04. The molecule has 1 heterocycles. The van der Waals surface area contributed by atoms with Gasteiger partial charge in [0, 0.05) is 0 Å². The molecule has 102 valence electrons. The molecule has 2 atom stereocenters. The van der Waals surface area contributed by atoms with E-state index >= 15 is 0 Å². The smallest absolute Gasteiger partial charge is 0.330 e. The van der Waals surface area contributed by atoms with E-state index in [1.807, 2.05) is 6.07 Å². The van der Waals surface area contributed by atoms with E-state index in [1.165, 1.54) is 0 Å². The van der Waals surface area contributed by atoms with Crippen LogP contribution in [0.4, 0.5) is 0 Å². The van der Waals surface area contributed by atoms with Gasteiger partial charge in [0.2, 0.25) is 5.91 Å². The van der Waals surface area contributed by atoms with E-state index < -0.39 is 12.0 Å². The molecule has 3 N–H and O–H groups in total. The zero-order valence-electron chi connectivity index (χ0n) is 10.6. The number of piperidine rings is 1. The van der Waals surface area contributed by atoms with Crippen LogP contribution in [0.2, 0.25) is 0 Å². The van der Waals surface area contributed by atoms with E-state index in [2.05, 4.69) is 10.6 Å². The SMILES string of the molecule is O=C(O)C(NC(=O)[C@@H]1CCCCN1)c1ccccc1. The van der Waals surface area contributed by atoms with E-state index in [4.69, 9.17) is 0 Å². The average molecular weight is 262 g/mol. The topological polar surface area (TPSA) is 78.4 Å². The van der Waals surface area contributed by atoms with Gasteiger partial charge >= 0.3 is 5.97 Å². The number of amides is 1. The summed E-state index contributed by atoms with van der Waals surface area (Å²) in [5, 5.41) is 14.9. The molecule has 1 aromatic carbocycles. The molecule has 0 saturated carbocycles. The Hall–Kier alpha value is -1.88. The van der Waals surface area contributed by atoms with Crippen LogP contribution in [0.3, 0.4) is 0 Å². The highest BCUT2D eigenvalue weighted by Gasteiger charge is 2.27. The van der Waals surface area contributed by atoms with Crippen LogP contribution >= 0.6 is 0 Å². The summed E-state index contributed by atoms with van der Waals surface area (Å²) < 4.78 is 0. The summed E-state index contributed by atoms with van der Waals surface area (Å²) >= 11 is 0. The molecular weight excluding hydrogens is 244 g/mol. The standard InChI is InChI=1S/C14H18N2O3/c17-13(11-8-4-5-9-15-11)16-12(14(18)19)10-6-2-1-3-7-10/h1-3,6-7,11-12,15H,4-5,8-9H2,(H,16,17)(H,18,19)/t11-,12?/m0/s1. The lowest BCUT2D eigenvalue weighted by molar-refractivity contribution is -0.142. The number of nitrogens with one attached hydrogen (secondary N) is 2. The van der Waals surface area contributed by atoms with Crippen molar-refractivity contribution in [1.82, 2.24) is 10.6 Å². The molecule has 0 radical (unpaired) electrons. The second-order valence-electron chi connectivity index (χ2n) is 4.69. The van der Waals surface area contributed by atoms with Crippen molar-refractivity contribution in [3.8, 4) is 0 Å². The summed E-state index contributed by atoms with van der Waals surface area (Å²) in [5.74, 6) is -1.29. The van der Waals surface area contributed by atoms with Crippen LogP contribution in [0, 0.1) is 0 Å². The van der Waals surface area contributed by atoms with E-state index in [9.17, 15) is 14.7 Å². The van der Waals surface area contributed by atoms with Gasteiger partial charge in [0.25, 0.3) is 0 Å². The molecule has 1 aromatic rings. The van der Waals surface area contributed by atoms with Crippen LogP contribution < -0.4 is 10.6 Å². The zero-order valence-corrected chi connectivity index (χ0v) is 10.6. The Morgan fingerprint density at radius 2 is 2.00 bits per heavy atom. The lowest BCUT2D eigenvalue weighted by Crippen LogP contribution is -2.48. The Morgan fingerprint density at radius 1 is 1.26 bits per heavy atom. The number of carboxylic acids is 1. The van der Waals surface area contributed by atoms with E-state index in [0.29, 0.717) is 5.56 Å². The van der Waals surface area contributed by atoms with Crippen LogP contribution in [0.15, 0.2) is 30.3 Å². The summed E-state index contributed by atoms with van der Waals surface area (Å²) in [6.07, 6.45) is 2.81. The normalized spacial score (nSPS) is 20.5. The Bertz CT molecular complexity index is 441. The Morgan fingerprint density at radius 3 is 2.58 bits per heavy atom. The minimum atomic E-state index is -1.05. The van der Waals surface area contributed by atoms with Gasteiger partial charge in [-0.05, 0) is 24.9 Å². The molecule has 1 aliphatic rings. The highest BCUT2D eigenvalue weighted by molar-refractivity contribution is 5.87. The van der Waals surface area contributed by atoms with Gasteiger partial charge in [-0.3, -0.25) is 4.79 Å². The third-order valence-corrected chi connectivity index (χ3v) is 3.29. The van der Waals surface area contributed by atoms with Crippen molar-refractivity contribution >= 4 is 11.9 Å². The zero-order chi connectivity index (χ0) is 13.7. The van der Waals surface area contributed by atoms with Crippen molar-refractivity contribution in [2.75, 3.05) is 6.54 Å². The molecule has 1 aliphatic heterocycles. The number of carbonyl (C=O) groups is 2. The second kappa shape index (κ2) is 6.33. The molecule has 0 spiro atoms. The minimum Gasteiger partial charge on any atom is -0.479 e. The third-order valence-electron chi connectivity index (χ3n) is 3.29. The van der Waals surface area contributed by atoms with Gasteiger partial charge in [0.15, 0.2) is 6.04 Å². The number of hydrogen-bond donors (Lipinski definition) is 3. The summed E-state index contributed by atoms with van der Waals surface area (Å²) in [6.45, 7) is 0.807. The summed E-state index contributed by atoms with van der Waals surface area (Å²) in [7, 11) is 0. The molecule has 0 aromatic heterocycles. The maximum absolute atomic E-state index is 12.0. The van der Waals surface area contributed by atoms with Gasteiger partial charge in [-0.1, -0.05) is 36.8 Å². The molecule has 19 heavy (non-hydrogen) atoms. The molecular formula is C14H18N2O3. The fraction of sp³-hybridized carbons (Fsp3) is 0.429. The molecule has 5 nitrogen and oxygen atoms in total. The lowest BCUT2D eigenvalue weighted by atomic mass is 10.0. The van der Waals surface area contributed by atoms with Gasteiger partial charge in [0.1, 0.15) is 0 Å². The van der Waals surface area contributed by atoms with Crippen molar-refractivity contribution in [3.05, 3.63) is 35.9 Å². The average Bonchev–Trinajstić information content (AvgIpc) is 2.46. The summed E-state index contributed by atoms with van der Waals surface area (Å²) in [6, 6.07) is 7.47. The molecule has 5 heteroatoms.